The summed E-state index contributed by atoms with van der Waals surface area (Å²) in [7, 11) is 0. The third-order valence-corrected chi connectivity index (χ3v) is 8.99. The Morgan fingerprint density at radius 2 is 1.71 bits per heavy atom. The summed E-state index contributed by atoms with van der Waals surface area (Å²) in [5, 5.41) is 7.95. The summed E-state index contributed by atoms with van der Waals surface area (Å²) in [5.41, 5.74) is 11.5. The number of carbonyl (C=O) groups excluding carboxylic acids is 2. The maximum absolute atomic E-state index is 13.3. The van der Waals surface area contributed by atoms with Crippen LogP contribution in [-0.4, -0.2) is 46.7 Å². The predicted octanol–water partition coefficient (Wildman–Crippen LogP) is 1.73. The minimum atomic E-state index is -1.09. The van der Waals surface area contributed by atoms with Gasteiger partial charge in [-0.3, -0.25) is 9.59 Å². The van der Waals surface area contributed by atoms with Gasteiger partial charge in [0.25, 0.3) is 0 Å². The molecule has 0 unspecified atom stereocenters. The summed E-state index contributed by atoms with van der Waals surface area (Å²) < 4.78 is 4.92. The van der Waals surface area contributed by atoms with Crippen LogP contribution in [-0.2, 0) is 16.0 Å². The number of amides is 2. The molecule has 1 aliphatic heterocycles. The van der Waals surface area contributed by atoms with Crippen molar-refractivity contribution in [3.05, 3.63) is 23.5 Å². The van der Waals surface area contributed by atoms with Gasteiger partial charge in [-0.1, -0.05) is 28.9 Å². The SMILES string of the molecule is Cc1nonc1C[C@@]1(C(N)=O)[C@H]2C=C[C@H](C23CC3)[C@@]1(CCCCN1CCCC1)C(N)=O. The van der Waals surface area contributed by atoms with Gasteiger partial charge < -0.3 is 16.4 Å². The van der Waals surface area contributed by atoms with Crippen molar-refractivity contribution in [2.45, 2.75) is 58.3 Å². The third kappa shape index (κ3) is 2.69. The van der Waals surface area contributed by atoms with Crippen LogP contribution < -0.4 is 11.5 Å². The average molecular weight is 428 g/mol. The van der Waals surface area contributed by atoms with Crippen LogP contribution >= 0.6 is 0 Å². The number of nitrogens with zero attached hydrogens (tertiary/aromatic N) is 3. The fourth-order valence-electron chi connectivity index (χ4n) is 7.45. The van der Waals surface area contributed by atoms with Crippen LogP contribution in [0.4, 0.5) is 0 Å². The number of aryl methyl sites for hydroxylation is 1. The Hall–Kier alpha value is -2.22. The van der Waals surface area contributed by atoms with Crippen LogP contribution in [0.25, 0.3) is 0 Å². The van der Waals surface area contributed by atoms with E-state index in [1.54, 1.807) is 6.92 Å². The maximum Gasteiger partial charge on any atom is 0.225 e. The van der Waals surface area contributed by atoms with Crippen molar-refractivity contribution in [2.75, 3.05) is 19.6 Å². The molecule has 3 fully saturated rings. The van der Waals surface area contributed by atoms with Gasteiger partial charge in [-0.2, -0.15) is 0 Å². The summed E-state index contributed by atoms with van der Waals surface area (Å²) in [5.74, 6) is -0.979. The largest absolute Gasteiger partial charge is 0.369 e. The first-order valence-corrected chi connectivity index (χ1v) is 11.7. The van der Waals surface area contributed by atoms with Crippen molar-refractivity contribution < 1.29 is 14.2 Å². The second kappa shape index (κ2) is 7.15. The van der Waals surface area contributed by atoms with Gasteiger partial charge in [-0.15, -0.1) is 0 Å². The monoisotopic (exact) mass is 427 g/mol. The highest BCUT2D eigenvalue weighted by Gasteiger charge is 2.82. The van der Waals surface area contributed by atoms with Crippen LogP contribution in [0.15, 0.2) is 16.8 Å². The summed E-state index contributed by atoms with van der Waals surface area (Å²) in [6.45, 7) is 5.14. The van der Waals surface area contributed by atoms with E-state index in [2.05, 4.69) is 27.4 Å². The molecule has 0 aromatic carbocycles. The highest BCUT2D eigenvalue weighted by molar-refractivity contribution is 5.95. The van der Waals surface area contributed by atoms with E-state index in [-0.39, 0.29) is 23.7 Å². The lowest BCUT2D eigenvalue weighted by Crippen LogP contribution is -2.60. The Morgan fingerprint density at radius 1 is 1.06 bits per heavy atom. The van der Waals surface area contributed by atoms with Crippen molar-refractivity contribution in [1.29, 1.82) is 0 Å². The Morgan fingerprint density at radius 3 is 2.26 bits per heavy atom. The van der Waals surface area contributed by atoms with Crippen LogP contribution in [0.3, 0.4) is 0 Å². The molecule has 2 amide bonds. The number of unbranched alkanes of at least 4 members (excludes halogenated alkanes) is 1. The summed E-state index contributed by atoms with van der Waals surface area (Å²) in [6, 6.07) is 0. The number of carbonyl (C=O) groups is 2. The predicted molar refractivity (Wildman–Crippen MR) is 113 cm³/mol. The average Bonchev–Trinajstić information content (AvgIpc) is 3.02. The molecule has 31 heavy (non-hydrogen) atoms. The van der Waals surface area contributed by atoms with Crippen molar-refractivity contribution in [1.82, 2.24) is 15.2 Å². The number of hydrogen-bond donors (Lipinski definition) is 2. The molecule has 2 saturated carbocycles. The van der Waals surface area contributed by atoms with E-state index in [1.165, 1.54) is 12.8 Å². The van der Waals surface area contributed by atoms with Gasteiger partial charge in [0, 0.05) is 6.42 Å². The van der Waals surface area contributed by atoms with Crippen LogP contribution in [0.1, 0.15) is 56.3 Å². The fourth-order valence-corrected chi connectivity index (χ4v) is 7.45. The van der Waals surface area contributed by atoms with Crippen molar-refractivity contribution in [3.8, 4) is 0 Å². The molecule has 3 aliphatic carbocycles. The number of rotatable bonds is 9. The van der Waals surface area contributed by atoms with E-state index in [0.29, 0.717) is 17.8 Å². The molecule has 1 saturated heterocycles. The van der Waals surface area contributed by atoms with Gasteiger partial charge in [-0.25, -0.2) is 4.63 Å². The van der Waals surface area contributed by atoms with E-state index < -0.39 is 22.6 Å². The zero-order valence-electron chi connectivity index (χ0n) is 18.3. The summed E-state index contributed by atoms with van der Waals surface area (Å²) in [4.78, 5) is 29.1. The second-order valence-electron chi connectivity index (χ2n) is 10.2. The number of primary amides is 2. The molecular weight excluding hydrogens is 394 g/mol. The fraction of sp³-hybridized carbons (Fsp3) is 0.739. The Kier molecular flexibility index (Phi) is 4.77. The van der Waals surface area contributed by atoms with Gasteiger partial charge in [0.05, 0.1) is 10.8 Å². The number of allylic oxidation sites excluding steroid dienone is 2. The lowest BCUT2D eigenvalue weighted by molar-refractivity contribution is -0.151. The Balaban J connectivity index is 1.51. The van der Waals surface area contributed by atoms with Crippen LogP contribution in [0.5, 0.6) is 0 Å². The highest BCUT2D eigenvalue weighted by atomic mass is 16.6. The van der Waals surface area contributed by atoms with E-state index in [0.717, 1.165) is 45.3 Å². The smallest absolute Gasteiger partial charge is 0.225 e. The Bertz CT molecular complexity index is 916. The zero-order valence-corrected chi connectivity index (χ0v) is 18.3. The molecule has 1 spiro atoms. The Labute approximate surface area is 182 Å². The van der Waals surface area contributed by atoms with E-state index in [4.69, 9.17) is 16.1 Å². The molecule has 4 aliphatic rings. The zero-order chi connectivity index (χ0) is 21.9. The number of aromatic nitrogens is 2. The standard InChI is InChI=1S/C23H33N5O3/c1-15-16(27-31-26-15)14-23(20(25)30)18-7-6-17(21(18)9-10-21)22(23,19(24)29)8-2-3-11-28-12-4-5-13-28/h6-7,17-18H,2-5,8-14H2,1H3,(H2,24,29)(H2,25,30)/t17-,18+,22+,23+/m1/s1. The molecule has 4 N–H and O–H groups in total. The molecular formula is C23H33N5O3. The third-order valence-electron chi connectivity index (χ3n) is 8.99. The summed E-state index contributed by atoms with van der Waals surface area (Å²) >= 11 is 0. The molecule has 4 atom stereocenters. The second-order valence-corrected chi connectivity index (χ2v) is 10.2. The van der Waals surface area contributed by atoms with Gasteiger partial charge in [0.1, 0.15) is 11.4 Å². The molecule has 1 aromatic heterocycles. The van der Waals surface area contributed by atoms with E-state index >= 15 is 0 Å². The molecule has 168 valence electrons. The topological polar surface area (TPSA) is 128 Å². The first-order chi connectivity index (χ1) is 14.9. The molecule has 2 heterocycles. The molecule has 1 aromatic rings. The minimum Gasteiger partial charge on any atom is -0.369 e. The van der Waals surface area contributed by atoms with Crippen LogP contribution in [0, 0.1) is 35.0 Å². The first kappa shape index (κ1) is 20.7. The van der Waals surface area contributed by atoms with Gasteiger partial charge in [0.2, 0.25) is 11.8 Å². The lowest BCUT2D eigenvalue weighted by Gasteiger charge is -2.47. The van der Waals surface area contributed by atoms with Crippen molar-refractivity contribution >= 4 is 11.8 Å². The molecule has 0 radical (unpaired) electrons. The van der Waals surface area contributed by atoms with Gasteiger partial charge >= 0.3 is 0 Å². The summed E-state index contributed by atoms with van der Waals surface area (Å²) in [6.07, 6.45) is 11.5. The molecule has 5 rings (SSSR count). The minimum absolute atomic E-state index is 0.0399. The van der Waals surface area contributed by atoms with E-state index in [1.807, 2.05) is 0 Å². The van der Waals surface area contributed by atoms with Crippen molar-refractivity contribution in [2.24, 2.45) is 39.5 Å². The molecule has 8 heteroatoms. The number of nitrogens with two attached hydrogens (primary N) is 2. The lowest BCUT2D eigenvalue weighted by atomic mass is 9.53. The quantitative estimate of drug-likeness (QED) is 0.456. The molecule has 8 nitrogen and oxygen atoms in total. The van der Waals surface area contributed by atoms with Crippen molar-refractivity contribution in [3.63, 3.8) is 0 Å². The van der Waals surface area contributed by atoms with E-state index in [9.17, 15) is 9.59 Å². The first-order valence-electron chi connectivity index (χ1n) is 11.7. The molecule has 2 bridgehead atoms. The maximum atomic E-state index is 13.3. The number of hydrogen-bond acceptors (Lipinski definition) is 6. The number of likely N-dealkylation sites (tertiary alicyclic amines) is 1. The highest BCUT2D eigenvalue weighted by Crippen LogP contribution is 2.81. The van der Waals surface area contributed by atoms with Crippen LogP contribution in [0.2, 0.25) is 0 Å². The normalized spacial score (nSPS) is 35.3. The van der Waals surface area contributed by atoms with Gasteiger partial charge in [0.15, 0.2) is 0 Å². The van der Waals surface area contributed by atoms with Gasteiger partial charge in [-0.05, 0) is 82.3 Å².